The summed E-state index contributed by atoms with van der Waals surface area (Å²) in [7, 11) is 0. The van der Waals surface area contributed by atoms with Gasteiger partial charge in [-0.15, -0.1) is 0 Å². The first-order chi connectivity index (χ1) is 21.9. The Morgan fingerprint density at radius 3 is 2.13 bits per heavy atom. The van der Waals surface area contributed by atoms with Gasteiger partial charge in [0.1, 0.15) is 0 Å². The Labute approximate surface area is 265 Å². The number of benzene rings is 4. The Morgan fingerprint density at radius 1 is 0.867 bits per heavy atom. The van der Waals surface area contributed by atoms with Gasteiger partial charge in [-0.3, -0.25) is 9.59 Å². The predicted molar refractivity (Wildman–Crippen MR) is 177 cm³/mol. The van der Waals surface area contributed by atoms with Gasteiger partial charge in [0.05, 0.1) is 18.7 Å². The standard InChI is InChI=1S/C39H40N2O4/c1-4-45-39(44)37-28(3)41(36(42)25-35(37)32-20-18-27(2)19-21-32)26-29-12-11-17-33(24-29)38(43)40-23-22-34(30-13-7-5-8-14-30)31-15-9-6-10-16-31/h5-21,24,34-35H,4,22-23,25-26H2,1-3H3,(H,40,43). The van der Waals surface area contributed by atoms with Crippen molar-refractivity contribution < 1.29 is 19.1 Å². The number of rotatable bonds is 11. The van der Waals surface area contributed by atoms with Gasteiger partial charge in [0.15, 0.2) is 0 Å². The average Bonchev–Trinajstić information content (AvgIpc) is 3.06. The van der Waals surface area contributed by atoms with Crippen molar-refractivity contribution in [2.45, 2.75) is 52.0 Å². The molecule has 6 heteroatoms. The molecule has 0 fully saturated rings. The van der Waals surface area contributed by atoms with Crippen molar-refractivity contribution in [2.24, 2.45) is 0 Å². The number of esters is 1. The zero-order valence-corrected chi connectivity index (χ0v) is 26.2. The van der Waals surface area contributed by atoms with Crippen LogP contribution in [-0.4, -0.2) is 35.8 Å². The molecule has 6 nitrogen and oxygen atoms in total. The Bertz CT molecular complexity index is 1620. The van der Waals surface area contributed by atoms with E-state index in [9.17, 15) is 14.4 Å². The van der Waals surface area contributed by atoms with E-state index in [1.54, 1.807) is 24.8 Å². The van der Waals surface area contributed by atoms with Gasteiger partial charge in [-0.2, -0.15) is 0 Å². The number of carbonyl (C=O) groups excluding carboxylic acids is 3. The molecule has 1 aliphatic heterocycles. The molecule has 0 bridgehead atoms. The summed E-state index contributed by atoms with van der Waals surface area (Å²) in [5, 5.41) is 3.09. The number of aryl methyl sites for hydroxylation is 1. The van der Waals surface area contributed by atoms with Gasteiger partial charge in [0.25, 0.3) is 5.91 Å². The molecule has 4 aromatic carbocycles. The SMILES string of the molecule is CCOC(=O)C1=C(C)N(Cc2cccc(C(=O)NCCC(c3ccccc3)c3ccccc3)c2)C(=O)CC1c1ccc(C)cc1. The fourth-order valence-electron chi connectivity index (χ4n) is 6.08. The molecule has 0 saturated carbocycles. The molecule has 0 aromatic heterocycles. The third-order valence-corrected chi connectivity index (χ3v) is 8.45. The van der Waals surface area contributed by atoms with Crippen LogP contribution in [0, 0.1) is 6.92 Å². The van der Waals surface area contributed by atoms with E-state index < -0.39 is 5.97 Å². The second kappa shape index (κ2) is 14.7. The van der Waals surface area contributed by atoms with Crippen molar-refractivity contribution in [1.82, 2.24) is 10.2 Å². The smallest absolute Gasteiger partial charge is 0.336 e. The molecular weight excluding hydrogens is 560 g/mol. The van der Waals surface area contributed by atoms with E-state index >= 15 is 0 Å². The van der Waals surface area contributed by atoms with Crippen LogP contribution < -0.4 is 5.32 Å². The van der Waals surface area contributed by atoms with Crippen molar-refractivity contribution >= 4 is 17.8 Å². The summed E-state index contributed by atoms with van der Waals surface area (Å²) in [4.78, 5) is 41.6. The molecule has 0 saturated heterocycles. The van der Waals surface area contributed by atoms with Crippen LogP contribution >= 0.6 is 0 Å². The van der Waals surface area contributed by atoms with E-state index in [0.717, 1.165) is 23.1 Å². The van der Waals surface area contributed by atoms with Gasteiger partial charge in [-0.1, -0.05) is 103 Å². The lowest BCUT2D eigenvalue weighted by atomic mass is 9.83. The molecule has 230 valence electrons. The minimum Gasteiger partial charge on any atom is -0.463 e. The van der Waals surface area contributed by atoms with Crippen LogP contribution in [0.2, 0.25) is 0 Å². The fraction of sp³-hybridized carbons (Fsp3) is 0.256. The van der Waals surface area contributed by atoms with Gasteiger partial charge in [0.2, 0.25) is 5.91 Å². The van der Waals surface area contributed by atoms with E-state index in [4.69, 9.17) is 4.74 Å². The zero-order valence-electron chi connectivity index (χ0n) is 26.2. The number of hydrogen-bond donors (Lipinski definition) is 1. The minimum absolute atomic E-state index is 0.0751. The number of ether oxygens (including phenoxy) is 1. The molecule has 2 amide bonds. The second-order valence-electron chi connectivity index (χ2n) is 11.5. The first-order valence-electron chi connectivity index (χ1n) is 15.6. The first kappa shape index (κ1) is 31.5. The van der Waals surface area contributed by atoms with Crippen LogP contribution in [0.1, 0.15) is 76.7 Å². The first-order valence-corrected chi connectivity index (χ1v) is 15.6. The third kappa shape index (κ3) is 7.58. The van der Waals surface area contributed by atoms with Crippen LogP contribution in [0.25, 0.3) is 0 Å². The van der Waals surface area contributed by atoms with Crippen LogP contribution in [0.5, 0.6) is 0 Å². The van der Waals surface area contributed by atoms with E-state index in [2.05, 4.69) is 29.6 Å². The number of amides is 2. The number of nitrogens with one attached hydrogen (secondary N) is 1. The summed E-state index contributed by atoms with van der Waals surface area (Å²) in [6, 6.07) is 35.9. The lowest BCUT2D eigenvalue weighted by Gasteiger charge is -2.34. The number of hydrogen-bond acceptors (Lipinski definition) is 4. The molecule has 0 spiro atoms. The Balaban J connectivity index is 1.30. The lowest BCUT2D eigenvalue weighted by molar-refractivity contribution is -0.140. The van der Waals surface area contributed by atoms with Gasteiger partial charge < -0.3 is 15.0 Å². The monoisotopic (exact) mass is 600 g/mol. The molecule has 45 heavy (non-hydrogen) atoms. The highest BCUT2D eigenvalue weighted by molar-refractivity contribution is 5.96. The van der Waals surface area contributed by atoms with E-state index in [0.29, 0.717) is 23.4 Å². The van der Waals surface area contributed by atoms with Gasteiger partial charge in [0, 0.05) is 36.1 Å². The number of carbonyl (C=O) groups is 3. The molecular formula is C39H40N2O4. The number of allylic oxidation sites excluding steroid dienone is 1. The summed E-state index contributed by atoms with van der Waals surface area (Å²) in [5.74, 6) is -0.859. The third-order valence-electron chi connectivity index (χ3n) is 8.45. The highest BCUT2D eigenvalue weighted by atomic mass is 16.5. The maximum atomic E-state index is 13.5. The van der Waals surface area contributed by atoms with Crippen molar-refractivity contribution in [3.63, 3.8) is 0 Å². The highest BCUT2D eigenvalue weighted by Gasteiger charge is 2.37. The van der Waals surface area contributed by atoms with Crippen LogP contribution in [-0.2, 0) is 20.9 Å². The van der Waals surface area contributed by atoms with Gasteiger partial charge in [-0.25, -0.2) is 4.79 Å². The van der Waals surface area contributed by atoms with Gasteiger partial charge >= 0.3 is 5.97 Å². The fourth-order valence-corrected chi connectivity index (χ4v) is 6.08. The van der Waals surface area contributed by atoms with Crippen molar-refractivity contribution in [3.8, 4) is 0 Å². The van der Waals surface area contributed by atoms with E-state index in [1.165, 1.54) is 11.1 Å². The quantitative estimate of drug-likeness (QED) is 0.183. The molecule has 1 aliphatic rings. The molecule has 0 aliphatic carbocycles. The summed E-state index contributed by atoms with van der Waals surface area (Å²) >= 11 is 0. The van der Waals surface area contributed by atoms with Crippen molar-refractivity contribution in [3.05, 3.63) is 154 Å². The Morgan fingerprint density at radius 2 is 1.51 bits per heavy atom. The molecule has 1 atom stereocenters. The van der Waals surface area contributed by atoms with Crippen molar-refractivity contribution in [1.29, 1.82) is 0 Å². The average molecular weight is 601 g/mol. The Hall–Kier alpha value is -4.97. The lowest BCUT2D eigenvalue weighted by Crippen LogP contribution is -2.38. The Kier molecular flexibility index (Phi) is 10.3. The molecule has 0 radical (unpaired) electrons. The maximum Gasteiger partial charge on any atom is 0.336 e. The summed E-state index contributed by atoms with van der Waals surface area (Å²) in [6.07, 6.45) is 0.920. The van der Waals surface area contributed by atoms with Crippen LogP contribution in [0.3, 0.4) is 0 Å². The second-order valence-corrected chi connectivity index (χ2v) is 11.5. The maximum absolute atomic E-state index is 13.5. The molecule has 4 aromatic rings. The zero-order chi connectivity index (χ0) is 31.8. The van der Waals surface area contributed by atoms with Crippen LogP contribution in [0.15, 0.2) is 120 Å². The predicted octanol–water partition coefficient (Wildman–Crippen LogP) is 7.30. The topological polar surface area (TPSA) is 75.7 Å². The largest absolute Gasteiger partial charge is 0.463 e. The molecule has 1 N–H and O–H groups in total. The highest BCUT2D eigenvalue weighted by Crippen LogP contribution is 2.38. The van der Waals surface area contributed by atoms with E-state index in [-0.39, 0.29) is 43.2 Å². The summed E-state index contributed by atoms with van der Waals surface area (Å²) in [6.45, 7) is 6.59. The van der Waals surface area contributed by atoms with E-state index in [1.807, 2.05) is 85.8 Å². The molecule has 5 rings (SSSR count). The summed E-state index contributed by atoms with van der Waals surface area (Å²) < 4.78 is 5.43. The minimum atomic E-state index is -0.407. The van der Waals surface area contributed by atoms with Crippen LogP contribution in [0.4, 0.5) is 0 Å². The molecule has 1 unspecified atom stereocenters. The number of nitrogens with zero attached hydrogens (tertiary/aromatic N) is 1. The van der Waals surface area contributed by atoms with Gasteiger partial charge in [-0.05, 0) is 61.6 Å². The van der Waals surface area contributed by atoms with Crippen molar-refractivity contribution in [2.75, 3.05) is 13.2 Å². The molecule has 1 heterocycles. The summed E-state index contributed by atoms with van der Waals surface area (Å²) in [5.41, 5.74) is 6.85. The normalized spacial score (nSPS) is 14.9.